The van der Waals surface area contributed by atoms with E-state index >= 15 is 0 Å². The first-order valence-corrected chi connectivity index (χ1v) is 12.2. The summed E-state index contributed by atoms with van der Waals surface area (Å²) in [5.41, 5.74) is -0.619. The maximum absolute atomic E-state index is 12.8. The number of rotatable bonds is 4. The minimum Gasteiger partial charge on any atom is -0.340 e. The first-order valence-electron chi connectivity index (χ1n) is 10.8. The van der Waals surface area contributed by atoms with Crippen molar-refractivity contribution in [2.75, 3.05) is 6.61 Å². The molecule has 6 rings (SSSR count). The first kappa shape index (κ1) is 20.8. The highest BCUT2D eigenvalue weighted by Crippen LogP contribution is 2.63. The van der Waals surface area contributed by atoms with Crippen molar-refractivity contribution in [3.8, 4) is 0 Å². The Kier molecular flexibility index (Phi) is 4.68. The van der Waals surface area contributed by atoms with Crippen molar-refractivity contribution in [2.45, 2.75) is 81.6 Å². The zero-order chi connectivity index (χ0) is 21.4. The summed E-state index contributed by atoms with van der Waals surface area (Å²) in [5, 5.41) is 0. The molecule has 1 aliphatic carbocycles. The van der Waals surface area contributed by atoms with Gasteiger partial charge >= 0.3 is 0 Å². The van der Waals surface area contributed by atoms with Crippen LogP contribution in [0.15, 0.2) is 29.2 Å². The SMILES string of the molecule is Cc1ccc(S(=O)(=O)OC[C@@]2(C)O[C@@H]3O[C@@]4(C)CC[C@H]5[C@H](C)CCC2[C@@]35OO4)cc1. The van der Waals surface area contributed by atoms with Crippen molar-refractivity contribution >= 4 is 10.1 Å². The fraction of sp³-hybridized carbons (Fsp3) is 0.727. The summed E-state index contributed by atoms with van der Waals surface area (Å²) >= 11 is 0. The lowest BCUT2D eigenvalue weighted by Gasteiger charge is -2.50. The van der Waals surface area contributed by atoms with E-state index in [1.807, 2.05) is 20.8 Å². The van der Waals surface area contributed by atoms with Gasteiger partial charge in [0.25, 0.3) is 10.1 Å². The zero-order valence-electron chi connectivity index (χ0n) is 17.9. The van der Waals surface area contributed by atoms with Crippen molar-refractivity contribution in [1.82, 2.24) is 0 Å². The smallest absolute Gasteiger partial charge is 0.297 e. The standard InChI is InChI=1S/C22H30O7S/c1-14-5-8-16(9-6-14)30(23,24)25-13-20(3)18-10-7-15(2)17-11-12-21(4)27-19(26-20)22(17,18)29-28-21/h5-6,8-9,15,17-19H,7,10-13H2,1-4H3/t15-,17+,18?,19-,20-,21-,22-/m1/s1. The second-order valence-electron chi connectivity index (χ2n) is 9.82. The maximum Gasteiger partial charge on any atom is 0.297 e. The molecule has 1 spiro atoms. The topological polar surface area (TPSA) is 80.3 Å². The van der Waals surface area contributed by atoms with E-state index in [1.165, 1.54) is 0 Å². The summed E-state index contributed by atoms with van der Waals surface area (Å²) in [5.74, 6) is -0.273. The average Bonchev–Trinajstić information content (AvgIpc) is 2.78. The summed E-state index contributed by atoms with van der Waals surface area (Å²) in [7, 11) is -3.90. The normalized spacial score (nSPS) is 45.2. The van der Waals surface area contributed by atoms with Gasteiger partial charge in [-0.1, -0.05) is 24.6 Å². The fourth-order valence-corrected chi connectivity index (χ4v) is 6.91. The van der Waals surface area contributed by atoms with Gasteiger partial charge in [-0.05, 0) is 64.0 Å². The van der Waals surface area contributed by atoms with E-state index in [0.717, 1.165) is 31.2 Å². The summed E-state index contributed by atoms with van der Waals surface area (Å²) in [6.45, 7) is 7.82. The van der Waals surface area contributed by atoms with Crippen LogP contribution >= 0.6 is 0 Å². The van der Waals surface area contributed by atoms with Crippen LogP contribution in [0.5, 0.6) is 0 Å². The molecule has 2 bridgehead atoms. The molecular weight excluding hydrogens is 408 g/mol. The zero-order valence-corrected chi connectivity index (χ0v) is 18.7. The Morgan fingerprint density at radius 2 is 1.80 bits per heavy atom. The summed E-state index contributed by atoms with van der Waals surface area (Å²) < 4.78 is 43.8. The molecule has 1 aromatic rings. The van der Waals surface area contributed by atoms with Gasteiger partial charge in [-0.15, -0.1) is 0 Å². The highest BCUT2D eigenvalue weighted by molar-refractivity contribution is 7.86. The van der Waals surface area contributed by atoms with E-state index < -0.39 is 33.4 Å². The van der Waals surface area contributed by atoms with Gasteiger partial charge in [0, 0.05) is 12.3 Å². The van der Waals surface area contributed by atoms with Crippen molar-refractivity contribution in [1.29, 1.82) is 0 Å². The highest BCUT2D eigenvalue weighted by Gasteiger charge is 2.74. The van der Waals surface area contributed by atoms with Gasteiger partial charge in [0.15, 0.2) is 11.9 Å². The Morgan fingerprint density at radius 3 is 2.53 bits per heavy atom. The molecule has 8 heteroatoms. The molecule has 7 atom stereocenters. The average molecular weight is 439 g/mol. The molecule has 5 fully saturated rings. The molecule has 1 unspecified atom stereocenters. The Morgan fingerprint density at radius 1 is 1.07 bits per heavy atom. The third-order valence-corrected chi connectivity index (χ3v) is 8.92. The monoisotopic (exact) mass is 438 g/mol. The fourth-order valence-electron chi connectivity index (χ4n) is 5.91. The number of hydrogen-bond donors (Lipinski definition) is 0. The Bertz CT molecular complexity index is 931. The minimum absolute atomic E-state index is 0.0907. The van der Waals surface area contributed by atoms with Crippen molar-refractivity contribution < 1.29 is 31.8 Å². The molecule has 0 aromatic heterocycles. The predicted octanol–water partition coefficient (Wildman–Crippen LogP) is 3.70. The molecule has 5 aliphatic rings. The van der Waals surface area contributed by atoms with E-state index in [-0.39, 0.29) is 23.3 Å². The number of fused-ring (bicyclic) bond motifs is 2. The quantitative estimate of drug-likeness (QED) is 0.524. The van der Waals surface area contributed by atoms with E-state index in [2.05, 4.69) is 6.92 Å². The van der Waals surface area contributed by atoms with Crippen LogP contribution in [0.3, 0.4) is 0 Å². The number of aryl methyl sites for hydroxylation is 1. The molecule has 166 valence electrons. The lowest BCUT2D eigenvalue weighted by atomic mass is 9.60. The van der Waals surface area contributed by atoms with Gasteiger partial charge in [0.05, 0.1) is 17.1 Å². The third kappa shape index (κ3) is 2.99. The van der Waals surface area contributed by atoms with Crippen molar-refractivity contribution in [3.05, 3.63) is 29.8 Å². The van der Waals surface area contributed by atoms with Crippen LogP contribution in [0, 0.1) is 24.7 Å². The molecule has 0 amide bonds. The number of benzene rings is 1. The van der Waals surface area contributed by atoms with Gasteiger partial charge in [0.1, 0.15) is 0 Å². The maximum atomic E-state index is 12.8. The summed E-state index contributed by atoms with van der Waals surface area (Å²) in [6, 6.07) is 6.64. The van der Waals surface area contributed by atoms with Crippen molar-refractivity contribution in [2.24, 2.45) is 17.8 Å². The largest absolute Gasteiger partial charge is 0.340 e. The van der Waals surface area contributed by atoms with Crippen LogP contribution in [-0.4, -0.2) is 38.3 Å². The molecule has 0 radical (unpaired) electrons. The Labute approximate surface area is 178 Å². The van der Waals surface area contributed by atoms with Crippen LogP contribution in [-0.2, 0) is 33.6 Å². The van der Waals surface area contributed by atoms with Crippen LogP contribution < -0.4 is 0 Å². The number of ether oxygens (including phenoxy) is 2. The lowest BCUT2D eigenvalue weighted by molar-refractivity contribution is -0.541. The van der Waals surface area contributed by atoms with Gasteiger partial charge in [-0.25, -0.2) is 9.78 Å². The third-order valence-electron chi connectivity index (χ3n) is 7.64. The molecule has 4 aliphatic heterocycles. The lowest BCUT2D eigenvalue weighted by Crippen LogP contribution is -2.62. The molecule has 7 nitrogen and oxygen atoms in total. The van der Waals surface area contributed by atoms with Crippen LogP contribution in [0.1, 0.15) is 52.0 Å². The summed E-state index contributed by atoms with van der Waals surface area (Å²) in [4.78, 5) is 12.0. The molecule has 4 heterocycles. The van der Waals surface area contributed by atoms with E-state index in [4.69, 9.17) is 23.4 Å². The van der Waals surface area contributed by atoms with Gasteiger partial charge in [-0.2, -0.15) is 8.42 Å². The van der Waals surface area contributed by atoms with Crippen LogP contribution in [0.4, 0.5) is 0 Å². The molecule has 0 N–H and O–H groups in total. The van der Waals surface area contributed by atoms with E-state index in [1.54, 1.807) is 24.3 Å². The minimum atomic E-state index is -3.90. The van der Waals surface area contributed by atoms with Crippen LogP contribution in [0.25, 0.3) is 0 Å². The summed E-state index contributed by atoms with van der Waals surface area (Å²) in [6.07, 6.45) is 2.92. The van der Waals surface area contributed by atoms with Gasteiger partial charge < -0.3 is 9.47 Å². The van der Waals surface area contributed by atoms with Crippen LogP contribution in [0.2, 0.25) is 0 Å². The van der Waals surface area contributed by atoms with E-state index in [0.29, 0.717) is 5.92 Å². The van der Waals surface area contributed by atoms with E-state index in [9.17, 15) is 8.42 Å². The molecule has 4 saturated heterocycles. The molecular formula is C22H30O7S. The van der Waals surface area contributed by atoms with Gasteiger partial charge in [0.2, 0.25) is 5.79 Å². The second-order valence-corrected chi connectivity index (χ2v) is 11.4. The predicted molar refractivity (Wildman–Crippen MR) is 107 cm³/mol. The second kappa shape index (κ2) is 6.73. The Balaban J connectivity index is 1.44. The highest BCUT2D eigenvalue weighted by atomic mass is 32.2. The van der Waals surface area contributed by atoms with Crippen molar-refractivity contribution in [3.63, 3.8) is 0 Å². The molecule has 1 saturated carbocycles. The van der Waals surface area contributed by atoms with Gasteiger partial charge in [-0.3, -0.25) is 4.18 Å². The molecule has 1 aromatic carbocycles. The Hall–Kier alpha value is -1.03. The first-order chi connectivity index (χ1) is 14.1. The molecule has 30 heavy (non-hydrogen) atoms. The number of hydrogen-bond acceptors (Lipinski definition) is 7.